The summed E-state index contributed by atoms with van der Waals surface area (Å²) < 4.78 is 27.2. The number of aliphatic imine (C=N–C) groups is 1. The number of carbonyl (C=O) groups excluding carboxylic acids is 4. The van der Waals surface area contributed by atoms with Crippen LogP contribution in [0.15, 0.2) is 17.3 Å². The molecule has 4 rings (SSSR count). The van der Waals surface area contributed by atoms with Gasteiger partial charge < -0.3 is 10.6 Å². The molecule has 0 aromatic rings. The number of sulfonamides is 1. The Bertz CT molecular complexity index is 1010. The topological polar surface area (TPSA) is 147 Å². The Kier molecular flexibility index (Phi) is 6.06. The third-order valence-electron chi connectivity index (χ3n) is 6.99. The van der Waals surface area contributed by atoms with Gasteiger partial charge in [0.05, 0.1) is 19.0 Å². The second kappa shape index (κ2) is 8.51. The molecule has 0 aromatic heterocycles. The normalized spacial score (nSPS) is 29.3. The van der Waals surface area contributed by atoms with Crippen molar-refractivity contribution >= 4 is 38.4 Å². The molecule has 10 nitrogen and oxygen atoms in total. The number of fused-ring (bicyclic) bond motifs is 1. The van der Waals surface area contributed by atoms with E-state index in [0.29, 0.717) is 12.3 Å². The average molecular weight is 464 g/mol. The molecule has 11 heteroatoms. The predicted octanol–water partition coefficient (Wildman–Crippen LogP) is 0.0856. The number of Topliss-reactive ketones (excluding diaryl/α,β-unsaturated/α-hetero) is 2. The van der Waals surface area contributed by atoms with Gasteiger partial charge in [-0.15, -0.1) is 0 Å². The van der Waals surface area contributed by atoms with E-state index >= 15 is 0 Å². The molecule has 0 spiro atoms. The minimum Gasteiger partial charge on any atom is -0.367 e. The van der Waals surface area contributed by atoms with Crippen molar-refractivity contribution < 1.29 is 27.6 Å². The number of likely N-dealkylation sites (tertiary alicyclic amines) is 1. The largest absolute Gasteiger partial charge is 0.367 e. The molecule has 2 atom stereocenters. The van der Waals surface area contributed by atoms with Gasteiger partial charge in [0.2, 0.25) is 11.0 Å². The van der Waals surface area contributed by atoms with Gasteiger partial charge in [0.15, 0.2) is 17.1 Å². The molecule has 3 heterocycles. The van der Waals surface area contributed by atoms with Crippen molar-refractivity contribution in [2.24, 2.45) is 16.6 Å². The Morgan fingerprint density at radius 3 is 2.56 bits per heavy atom. The van der Waals surface area contributed by atoms with E-state index in [0.717, 1.165) is 34.9 Å². The molecule has 4 aliphatic rings. The predicted molar refractivity (Wildman–Crippen MR) is 114 cm³/mol. The third-order valence-corrected chi connectivity index (χ3v) is 8.81. The van der Waals surface area contributed by atoms with E-state index in [2.05, 4.69) is 4.99 Å². The fourth-order valence-corrected chi connectivity index (χ4v) is 7.08. The maximum Gasteiger partial charge on any atom is 0.264 e. The SMILES string of the molecule is NC(=O)C12C(=O)CN(S(=O)(=O)C3=NC=CCC3=O)C1CCN2C(=O)[CH]CC1CCCCC1. The second-order valence-electron chi connectivity index (χ2n) is 8.79. The first-order chi connectivity index (χ1) is 15.2. The Labute approximate surface area is 186 Å². The summed E-state index contributed by atoms with van der Waals surface area (Å²) in [6.07, 6.45) is 10.1. The summed E-state index contributed by atoms with van der Waals surface area (Å²) >= 11 is 0. The molecule has 0 bridgehead atoms. The lowest BCUT2D eigenvalue weighted by Crippen LogP contribution is -2.64. The first-order valence-electron chi connectivity index (χ1n) is 11.0. The molecule has 32 heavy (non-hydrogen) atoms. The molecule has 2 saturated heterocycles. The number of rotatable bonds is 5. The van der Waals surface area contributed by atoms with Gasteiger partial charge in [-0.2, -0.15) is 4.31 Å². The fraction of sp³-hybridized carbons (Fsp3) is 0.619. The van der Waals surface area contributed by atoms with Crippen molar-refractivity contribution in [2.45, 2.75) is 62.9 Å². The van der Waals surface area contributed by atoms with Crippen molar-refractivity contribution in [3.63, 3.8) is 0 Å². The molecule has 173 valence electrons. The molecule has 1 saturated carbocycles. The van der Waals surface area contributed by atoms with Crippen molar-refractivity contribution in [2.75, 3.05) is 13.1 Å². The van der Waals surface area contributed by atoms with Crippen LogP contribution in [0.4, 0.5) is 0 Å². The van der Waals surface area contributed by atoms with Crippen LogP contribution in [-0.4, -0.2) is 70.7 Å². The number of amides is 2. The summed E-state index contributed by atoms with van der Waals surface area (Å²) in [7, 11) is -4.44. The van der Waals surface area contributed by atoms with Gasteiger partial charge in [-0.25, -0.2) is 13.4 Å². The van der Waals surface area contributed by atoms with Crippen molar-refractivity contribution in [1.82, 2.24) is 9.21 Å². The van der Waals surface area contributed by atoms with E-state index in [1.165, 1.54) is 25.1 Å². The highest BCUT2D eigenvalue weighted by Gasteiger charge is 2.68. The maximum atomic E-state index is 13.2. The molecular formula is C21H27N4O6S. The van der Waals surface area contributed by atoms with Crippen LogP contribution in [0, 0.1) is 12.3 Å². The van der Waals surface area contributed by atoms with E-state index < -0.39 is 56.6 Å². The van der Waals surface area contributed by atoms with E-state index in [9.17, 15) is 27.6 Å². The van der Waals surface area contributed by atoms with Crippen LogP contribution in [0.2, 0.25) is 0 Å². The van der Waals surface area contributed by atoms with Gasteiger partial charge in [-0.3, -0.25) is 19.2 Å². The lowest BCUT2D eigenvalue weighted by Gasteiger charge is -2.34. The Morgan fingerprint density at radius 2 is 1.91 bits per heavy atom. The van der Waals surface area contributed by atoms with Crippen molar-refractivity contribution in [3.8, 4) is 0 Å². The summed E-state index contributed by atoms with van der Waals surface area (Å²) in [6, 6.07) is -1.16. The van der Waals surface area contributed by atoms with Gasteiger partial charge in [0, 0.05) is 19.2 Å². The standard InChI is InChI=1S/C21H27N4O6S/c22-20(29)21-16(10-12-24(21)18(28)9-8-14-5-2-1-3-6-14)25(13-17(21)27)32(30,31)19-15(26)7-4-11-23-19/h4,9,11,14,16H,1-3,5-8,10,12-13H2,(H2,22,29). The van der Waals surface area contributed by atoms with Crippen LogP contribution < -0.4 is 5.73 Å². The molecule has 3 fully saturated rings. The molecule has 2 amide bonds. The van der Waals surface area contributed by atoms with Gasteiger partial charge in [-0.1, -0.05) is 38.2 Å². The first-order valence-corrected chi connectivity index (χ1v) is 12.4. The summed E-state index contributed by atoms with van der Waals surface area (Å²) in [6.45, 7) is -0.621. The number of ketones is 2. The highest BCUT2D eigenvalue weighted by Crippen LogP contribution is 2.42. The van der Waals surface area contributed by atoms with Gasteiger partial charge in [-0.05, 0) is 18.8 Å². The lowest BCUT2D eigenvalue weighted by atomic mass is 9.85. The third kappa shape index (κ3) is 3.51. The minimum atomic E-state index is -4.44. The molecule has 1 radical (unpaired) electrons. The summed E-state index contributed by atoms with van der Waals surface area (Å²) in [5.41, 5.74) is 3.58. The second-order valence-corrected chi connectivity index (χ2v) is 10.6. The molecule has 3 aliphatic heterocycles. The first kappa shape index (κ1) is 22.8. The molecule has 2 N–H and O–H groups in total. The molecule has 1 aliphatic carbocycles. The Hall–Kier alpha value is -2.40. The van der Waals surface area contributed by atoms with Crippen LogP contribution in [0.5, 0.6) is 0 Å². The summed E-state index contributed by atoms with van der Waals surface area (Å²) in [4.78, 5) is 55.8. The van der Waals surface area contributed by atoms with E-state index in [4.69, 9.17) is 5.73 Å². The monoisotopic (exact) mass is 463 g/mol. The smallest absolute Gasteiger partial charge is 0.264 e. The lowest BCUT2D eigenvalue weighted by molar-refractivity contribution is -0.147. The van der Waals surface area contributed by atoms with Gasteiger partial charge >= 0.3 is 0 Å². The molecule has 0 aromatic carbocycles. The number of nitrogens with zero attached hydrogens (tertiary/aromatic N) is 3. The molecule has 2 unspecified atom stereocenters. The zero-order valence-electron chi connectivity index (χ0n) is 17.7. The number of nitrogens with two attached hydrogens (primary N) is 1. The fourth-order valence-electron chi connectivity index (χ4n) is 5.41. The quantitative estimate of drug-likeness (QED) is 0.571. The zero-order valence-corrected chi connectivity index (χ0v) is 18.6. The highest BCUT2D eigenvalue weighted by molar-refractivity contribution is 8.06. The van der Waals surface area contributed by atoms with Crippen LogP contribution in [0.25, 0.3) is 0 Å². The summed E-state index contributed by atoms with van der Waals surface area (Å²) in [5, 5.41) is -0.665. The molecular weight excluding hydrogens is 436 g/mol. The summed E-state index contributed by atoms with van der Waals surface area (Å²) in [5.74, 6) is -2.61. The number of allylic oxidation sites excluding steroid dienone is 1. The van der Waals surface area contributed by atoms with Crippen LogP contribution >= 0.6 is 0 Å². The highest BCUT2D eigenvalue weighted by atomic mass is 32.2. The van der Waals surface area contributed by atoms with E-state index in [1.807, 2.05) is 0 Å². The number of primary amides is 1. The van der Waals surface area contributed by atoms with Crippen molar-refractivity contribution in [3.05, 3.63) is 18.7 Å². The van der Waals surface area contributed by atoms with E-state index in [1.54, 1.807) is 0 Å². The van der Waals surface area contributed by atoms with Crippen LogP contribution in [0.3, 0.4) is 0 Å². The van der Waals surface area contributed by atoms with Gasteiger partial charge in [0.1, 0.15) is 0 Å². The van der Waals surface area contributed by atoms with Crippen LogP contribution in [-0.2, 0) is 29.2 Å². The Morgan fingerprint density at radius 1 is 1.19 bits per heavy atom. The Balaban J connectivity index is 1.60. The van der Waals surface area contributed by atoms with Crippen LogP contribution in [0.1, 0.15) is 51.4 Å². The minimum absolute atomic E-state index is 0.0195. The van der Waals surface area contributed by atoms with Gasteiger partial charge in [0.25, 0.3) is 15.9 Å². The number of hydrogen-bond acceptors (Lipinski definition) is 7. The average Bonchev–Trinajstić information content (AvgIpc) is 3.30. The van der Waals surface area contributed by atoms with E-state index in [-0.39, 0.29) is 19.4 Å². The number of hydrogen-bond donors (Lipinski definition) is 1. The zero-order chi connectivity index (χ0) is 23.1. The maximum absolute atomic E-state index is 13.2. The number of carbonyl (C=O) groups is 4. The van der Waals surface area contributed by atoms with Crippen molar-refractivity contribution in [1.29, 1.82) is 0 Å².